The first-order chi connectivity index (χ1) is 12.6. The minimum atomic E-state index is -0.858. The molecule has 0 fully saturated rings. The van der Waals surface area contributed by atoms with Gasteiger partial charge >= 0.3 is 5.97 Å². The fourth-order valence-electron chi connectivity index (χ4n) is 2.88. The van der Waals surface area contributed by atoms with Gasteiger partial charge in [-0.2, -0.15) is 0 Å². The number of ether oxygens (including phenoxy) is 2. The first kappa shape index (κ1) is 16.5. The Kier molecular flexibility index (Phi) is 4.30. The summed E-state index contributed by atoms with van der Waals surface area (Å²) in [5, 5.41) is 3.22. The average molecular weight is 368 g/mol. The summed E-state index contributed by atoms with van der Waals surface area (Å²) in [6.45, 7) is 2.51. The van der Waals surface area contributed by atoms with Gasteiger partial charge in [0.1, 0.15) is 5.75 Å². The molecule has 0 aliphatic carbocycles. The van der Waals surface area contributed by atoms with Crippen molar-refractivity contribution in [2.45, 2.75) is 19.4 Å². The predicted octanol–water partition coefficient (Wildman–Crippen LogP) is 3.42. The van der Waals surface area contributed by atoms with E-state index in [2.05, 4.69) is 10.3 Å². The number of esters is 1. The number of fused-ring (bicyclic) bond motifs is 2. The van der Waals surface area contributed by atoms with Crippen molar-refractivity contribution >= 4 is 38.6 Å². The Morgan fingerprint density at radius 1 is 1.35 bits per heavy atom. The molecule has 1 aliphatic heterocycles. The molecule has 7 heteroatoms. The third-order valence-corrected chi connectivity index (χ3v) is 5.02. The van der Waals surface area contributed by atoms with Gasteiger partial charge in [0, 0.05) is 6.42 Å². The summed E-state index contributed by atoms with van der Waals surface area (Å²) < 4.78 is 11.7. The van der Waals surface area contributed by atoms with Crippen LogP contribution in [0.15, 0.2) is 42.5 Å². The summed E-state index contributed by atoms with van der Waals surface area (Å²) in [4.78, 5) is 29.0. The van der Waals surface area contributed by atoms with Gasteiger partial charge < -0.3 is 9.47 Å². The first-order valence-electron chi connectivity index (χ1n) is 8.27. The molecule has 1 N–H and O–H groups in total. The van der Waals surface area contributed by atoms with Crippen LogP contribution in [0.4, 0.5) is 5.13 Å². The van der Waals surface area contributed by atoms with Gasteiger partial charge in [-0.05, 0) is 36.8 Å². The second kappa shape index (κ2) is 6.76. The van der Waals surface area contributed by atoms with E-state index in [4.69, 9.17) is 9.47 Å². The Balaban J connectivity index is 1.51. The van der Waals surface area contributed by atoms with E-state index in [1.807, 2.05) is 37.3 Å². The standard InChI is InChI=1S/C19H16N2O4S/c1-2-24-12-7-8-14-16(10-12)26-19(20-14)21-17(22)15-9-11-5-3-4-6-13(11)18(23)25-15/h3-8,10,15H,2,9H2,1H3,(H,20,21,22)/t15-/m0/s1. The SMILES string of the molecule is CCOc1ccc2nc(NC(=O)[C@@H]3Cc4ccccc4C(=O)O3)sc2c1. The maximum atomic E-state index is 12.5. The normalized spacial score (nSPS) is 16.0. The number of aromatic nitrogens is 1. The second-order valence-corrected chi connectivity index (χ2v) is 6.86. The number of carbonyl (C=O) groups excluding carboxylic acids is 2. The van der Waals surface area contributed by atoms with E-state index in [1.54, 1.807) is 12.1 Å². The van der Waals surface area contributed by atoms with Crippen molar-refractivity contribution in [3.8, 4) is 5.75 Å². The smallest absolute Gasteiger partial charge is 0.339 e. The summed E-state index contributed by atoms with van der Waals surface area (Å²) in [5.74, 6) is -0.0889. The molecule has 26 heavy (non-hydrogen) atoms. The number of amides is 1. The van der Waals surface area contributed by atoms with Gasteiger partial charge in [0.05, 0.1) is 22.4 Å². The largest absolute Gasteiger partial charge is 0.494 e. The highest BCUT2D eigenvalue weighted by molar-refractivity contribution is 7.22. The molecule has 1 amide bonds. The molecule has 1 atom stereocenters. The van der Waals surface area contributed by atoms with E-state index in [1.165, 1.54) is 11.3 Å². The molecule has 0 saturated carbocycles. The molecule has 2 heterocycles. The molecule has 1 aromatic heterocycles. The van der Waals surface area contributed by atoms with Crippen LogP contribution in [-0.4, -0.2) is 29.6 Å². The van der Waals surface area contributed by atoms with Gasteiger partial charge in [-0.1, -0.05) is 29.5 Å². The van der Waals surface area contributed by atoms with Crippen LogP contribution in [0.3, 0.4) is 0 Å². The third-order valence-electron chi connectivity index (χ3n) is 4.09. The molecular formula is C19H16N2O4S. The molecule has 132 valence electrons. The summed E-state index contributed by atoms with van der Waals surface area (Å²) >= 11 is 1.35. The molecule has 3 aromatic rings. The van der Waals surface area contributed by atoms with Crippen LogP contribution in [0.5, 0.6) is 5.75 Å². The zero-order valence-corrected chi connectivity index (χ0v) is 14.8. The Bertz CT molecular complexity index is 998. The molecule has 2 aromatic carbocycles. The number of carbonyl (C=O) groups is 2. The number of rotatable bonds is 4. The molecule has 0 bridgehead atoms. The van der Waals surface area contributed by atoms with Crippen LogP contribution in [0, 0.1) is 0 Å². The minimum Gasteiger partial charge on any atom is -0.494 e. The van der Waals surface area contributed by atoms with Crippen LogP contribution < -0.4 is 10.1 Å². The lowest BCUT2D eigenvalue weighted by molar-refractivity contribution is -0.125. The van der Waals surface area contributed by atoms with Crippen LogP contribution in [0.25, 0.3) is 10.2 Å². The van der Waals surface area contributed by atoms with E-state index >= 15 is 0 Å². The monoisotopic (exact) mass is 368 g/mol. The summed E-state index contributed by atoms with van der Waals surface area (Å²) in [7, 11) is 0. The Hall–Kier alpha value is -2.93. The molecule has 1 aliphatic rings. The van der Waals surface area contributed by atoms with Gasteiger partial charge in [0.2, 0.25) is 0 Å². The van der Waals surface area contributed by atoms with E-state index in [0.29, 0.717) is 23.7 Å². The Labute approximate surface area is 153 Å². The zero-order chi connectivity index (χ0) is 18.1. The van der Waals surface area contributed by atoms with Gasteiger partial charge in [0.15, 0.2) is 11.2 Å². The minimum absolute atomic E-state index is 0.354. The highest BCUT2D eigenvalue weighted by atomic mass is 32.1. The topological polar surface area (TPSA) is 77.5 Å². The highest BCUT2D eigenvalue weighted by Crippen LogP contribution is 2.30. The molecule has 4 rings (SSSR count). The lowest BCUT2D eigenvalue weighted by Gasteiger charge is -2.23. The number of hydrogen-bond acceptors (Lipinski definition) is 6. The van der Waals surface area contributed by atoms with Crippen molar-refractivity contribution in [3.63, 3.8) is 0 Å². The highest BCUT2D eigenvalue weighted by Gasteiger charge is 2.31. The van der Waals surface area contributed by atoms with Gasteiger partial charge in [0.25, 0.3) is 5.91 Å². The fraction of sp³-hybridized carbons (Fsp3) is 0.211. The summed E-state index contributed by atoms with van der Waals surface area (Å²) in [5.41, 5.74) is 2.11. The maximum Gasteiger partial charge on any atom is 0.339 e. The van der Waals surface area contributed by atoms with E-state index < -0.39 is 12.1 Å². The number of nitrogens with zero attached hydrogens (tertiary/aromatic N) is 1. The van der Waals surface area contributed by atoms with E-state index in [9.17, 15) is 9.59 Å². The average Bonchev–Trinajstić information content (AvgIpc) is 3.03. The quantitative estimate of drug-likeness (QED) is 0.714. The molecule has 0 radical (unpaired) electrons. The third kappa shape index (κ3) is 3.13. The van der Waals surface area contributed by atoms with E-state index in [-0.39, 0.29) is 5.91 Å². The first-order valence-corrected chi connectivity index (χ1v) is 9.09. The Morgan fingerprint density at radius 3 is 3.04 bits per heavy atom. The lowest BCUT2D eigenvalue weighted by Crippen LogP contribution is -2.37. The molecule has 0 saturated heterocycles. The van der Waals surface area contributed by atoms with Crippen molar-refractivity contribution in [2.75, 3.05) is 11.9 Å². The van der Waals surface area contributed by atoms with Crippen LogP contribution in [0.1, 0.15) is 22.8 Å². The maximum absolute atomic E-state index is 12.5. The number of benzene rings is 2. The Morgan fingerprint density at radius 2 is 2.19 bits per heavy atom. The van der Waals surface area contributed by atoms with Gasteiger partial charge in [-0.3, -0.25) is 10.1 Å². The van der Waals surface area contributed by atoms with Crippen molar-refractivity contribution in [2.24, 2.45) is 0 Å². The predicted molar refractivity (Wildman–Crippen MR) is 98.8 cm³/mol. The van der Waals surface area contributed by atoms with Crippen LogP contribution >= 0.6 is 11.3 Å². The fourth-order valence-corrected chi connectivity index (χ4v) is 3.78. The van der Waals surface area contributed by atoms with E-state index in [0.717, 1.165) is 21.5 Å². The van der Waals surface area contributed by atoms with Crippen LogP contribution in [0.2, 0.25) is 0 Å². The van der Waals surface area contributed by atoms with Crippen molar-refractivity contribution in [1.29, 1.82) is 0 Å². The number of hydrogen-bond donors (Lipinski definition) is 1. The van der Waals surface area contributed by atoms with Crippen molar-refractivity contribution < 1.29 is 19.1 Å². The zero-order valence-electron chi connectivity index (χ0n) is 14.0. The number of cyclic esters (lactones) is 1. The molecule has 0 unspecified atom stereocenters. The number of anilines is 1. The molecular weight excluding hydrogens is 352 g/mol. The summed E-state index contributed by atoms with van der Waals surface area (Å²) in [6, 6.07) is 12.7. The van der Waals surface area contributed by atoms with Crippen molar-refractivity contribution in [3.05, 3.63) is 53.6 Å². The number of thiazole rings is 1. The second-order valence-electron chi connectivity index (χ2n) is 5.83. The van der Waals surface area contributed by atoms with Gasteiger partial charge in [-0.15, -0.1) is 0 Å². The van der Waals surface area contributed by atoms with Crippen LogP contribution in [-0.2, 0) is 16.0 Å². The summed E-state index contributed by atoms with van der Waals surface area (Å²) in [6.07, 6.45) is -0.504. The molecule has 6 nitrogen and oxygen atoms in total. The molecule has 0 spiro atoms. The lowest BCUT2D eigenvalue weighted by atomic mass is 9.98. The number of nitrogens with one attached hydrogen (secondary N) is 1. The van der Waals surface area contributed by atoms with Crippen molar-refractivity contribution in [1.82, 2.24) is 4.98 Å². The van der Waals surface area contributed by atoms with Gasteiger partial charge in [-0.25, -0.2) is 9.78 Å².